The van der Waals surface area contributed by atoms with Gasteiger partial charge in [-0.25, -0.2) is 9.97 Å². The molecule has 0 atom stereocenters. The summed E-state index contributed by atoms with van der Waals surface area (Å²) in [6.07, 6.45) is 4.22. The minimum absolute atomic E-state index is 0.0373. The smallest absolute Gasteiger partial charge is 0.135 e. The fourth-order valence-corrected chi connectivity index (χ4v) is 1.85. The first kappa shape index (κ1) is 12.3. The van der Waals surface area contributed by atoms with Gasteiger partial charge < -0.3 is 10.0 Å². The van der Waals surface area contributed by atoms with Gasteiger partial charge in [0, 0.05) is 24.2 Å². The van der Waals surface area contributed by atoms with E-state index in [1.807, 2.05) is 12.3 Å². The fourth-order valence-electron chi connectivity index (χ4n) is 1.85. The monoisotopic (exact) mass is 235 g/mol. The number of aliphatic hydroxyl groups excluding tert-OH is 1. The van der Waals surface area contributed by atoms with Crippen molar-refractivity contribution in [2.75, 3.05) is 18.1 Å². The molecule has 2 rings (SSSR count). The summed E-state index contributed by atoms with van der Waals surface area (Å²) in [5.41, 5.74) is -0.0373. The maximum absolute atomic E-state index is 9.12. The molecule has 1 aromatic rings. The maximum atomic E-state index is 9.12. The molecule has 4 heteroatoms. The van der Waals surface area contributed by atoms with Crippen LogP contribution in [-0.2, 0) is 5.41 Å². The largest absolute Gasteiger partial charge is 0.395 e. The number of anilines is 1. The van der Waals surface area contributed by atoms with E-state index in [1.54, 1.807) is 0 Å². The van der Waals surface area contributed by atoms with Crippen LogP contribution in [0.4, 0.5) is 5.82 Å². The molecule has 1 heterocycles. The summed E-state index contributed by atoms with van der Waals surface area (Å²) < 4.78 is 0. The molecule has 94 valence electrons. The molecule has 17 heavy (non-hydrogen) atoms. The summed E-state index contributed by atoms with van der Waals surface area (Å²) in [5, 5.41) is 9.12. The van der Waals surface area contributed by atoms with E-state index in [1.165, 1.54) is 12.8 Å². The zero-order valence-corrected chi connectivity index (χ0v) is 10.8. The topological polar surface area (TPSA) is 49.2 Å². The second-order valence-electron chi connectivity index (χ2n) is 5.64. The van der Waals surface area contributed by atoms with Gasteiger partial charge in [0.2, 0.25) is 0 Å². The van der Waals surface area contributed by atoms with Crippen LogP contribution in [0.25, 0.3) is 0 Å². The zero-order valence-electron chi connectivity index (χ0n) is 10.8. The summed E-state index contributed by atoms with van der Waals surface area (Å²) in [7, 11) is 0. The number of aliphatic hydroxyl groups is 1. The second-order valence-corrected chi connectivity index (χ2v) is 5.64. The van der Waals surface area contributed by atoms with E-state index in [-0.39, 0.29) is 12.0 Å². The molecule has 1 aliphatic carbocycles. The SMILES string of the molecule is CC(C)(C)c1nccc(N(CCO)C2CC2)n1. The average molecular weight is 235 g/mol. The highest BCUT2D eigenvalue weighted by atomic mass is 16.3. The van der Waals surface area contributed by atoms with Crippen LogP contribution in [0.2, 0.25) is 0 Å². The highest BCUT2D eigenvalue weighted by molar-refractivity contribution is 5.41. The molecule has 0 aromatic carbocycles. The quantitative estimate of drug-likeness (QED) is 0.863. The zero-order chi connectivity index (χ0) is 12.5. The van der Waals surface area contributed by atoms with Gasteiger partial charge in [0.15, 0.2) is 0 Å². The number of hydrogen-bond acceptors (Lipinski definition) is 4. The third-order valence-electron chi connectivity index (χ3n) is 2.93. The maximum Gasteiger partial charge on any atom is 0.135 e. The van der Waals surface area contributed by atoms with Crippen LogP contribution in [0.5, 0.6) is 0 Å². The molecule has 1 aliphatic rings. The van der Waals surface area contributed by atoms with Gasteiger partial charge in [0.25, 0.3) is 0 Å². The van der Waals surface area contributed by atoms with Gasteiger partial charge in [-0.3, -0.25) is 0 Å². The molecule has 1 saturated carbocycles. The normalized spacial score (nSPS) is 16.0. The lowest BCUT2D eigenvalue weighted by molar-refractivity contribution is 0.301. The summed E-state index contributed by atoms with van der Waals surface area (Å²) in [6.45, 7) is 7.16. The Morgan fingerprint density at radius 3 is 2.65 bits per heavy atom. The van der Waals surface area contributed by atoms with E-state index in [0.29, 0.717) is 12.6 Å². The first-order valence-corrected chi connectivity index (χ1v) is 6.23. The van der Waals surface area contributed by atoms with Crippen molar-refractivity contribution in [2.24, 2.45) is 0 Å². The van der Waals surface area contributed by atoms with E-state index in [4.69, 9.17) is 5.11 Å². The van der Waals surface area contributed by atoms with Crippen molar-refractivity contribution in [3.05, 3.63) is 18.1 Å². The number of hydrogen-bond donors (Lipinski definition) is 1. The van der Waals surface area contributed by atoms with Crippen LogP contribution >= 0.6 is 0 Å². The molecule has 1 fully saturated rings. The minimum atomic E-state index is -0.0373. The van der Waals surface area contributed by atoms with Crippen molar-refractivity contribution < 1.29 is 5.11 Å². The van der Waals surface area contributed by atoms with E-state index in [0.717, 1.165) is 11.6 Å². The highest BCUT2D eigenvalue weighted by Gasteiger charge is 2.30. The van der Waals surface area contributed by atoms with Crippen molar-refractivity contribution in [2.45, 2.75) is 45.1 Å². The Bertz CT molecular complexity index is 382. The van der Waals surface area contributed by atoms with Crippen molar-refractivity contribution in [3.63, 3.8) is 0 Å². The molecule has 4 nitrogen and oxygen atoms in total. The highest BCUT2D eigenvalue weighted by Crippen LogP contribution is 2.31. The predicted octanol–water partition coefficient (Wildman–Crippen LogP) is 1.74. The third kappa shape index (κ3) is 2.94. The Labute approximate surface area is 103 Å². The Hall–Kier alpha value is -1.16. The average Bonchev–Trinajstić information content (AvgIpc) is 3.09. The number of nitrogens with zero attached hydrogens (tertiary/aromatic N) is 3. The molecule has 0 saturated heterocycles. The molecule has 0 radical (unpaired) electrons. The third-order valence-corrected chi connectivity index (χ3v) is 2.93. The number of rotatable bonds is 4. The van der Waals surface area contributed by atoms with E-state index < -0.39 is 0 Å². The number of aromatic nitrogens is 2. The van der Waals surface area contributed by atoms with Crippen molar-refractivity contribution in [1.82, 2.24) is 9.97 Å². The lowest BCUT2D eigenvalue weighted by Gasteiger charge is -2.24. The Morgan fingerprint density at radius 2 is 2.12 bits per heavy atom. The van der Waals surface area contributed by atoms with Crippen molar-refractivity contribution in [3.8, 4) is 0 Å². The Morgan fingerprint density at radius 1 is 1.41 bits per heavy atom. The molecule has 1 aromatic heterocycles. The van der Waals surface area contributed by atoms with Crippen LogP contribution in [0.1, 0.15) is 39.4 Å². The molecule has 0 amide bonds. The summed E-state index contributed by atoms with van der Waals surface area (Å²) >= 11 is 0. The molecule has 0 bridgehead atoms. The standard InChI is InChI=1S/C13H21N3O/c1-13(2,3)12-14-7-6-11(15-12)16(8-9-17)10-4-5-10/h6-7,10,17H,4-5,8-9H2,1-3H3. The van der Waals surface area contributed by atoms with Crippen LogP contribution < -0.4 is 4.90 Å². The molecule has 1 N–H and O–H groups in total. The van der Waals surface area contributed by atoms with Gasteiger partial charge in [0.05, 0.1) is 6.61 Å². The van der Waals surface area contributed by atoms with Gasteiger partial charge in [-0.15, -0.1) is 0 Å². The predicted molar refractivity (Wildman–Crippen MR) is 68.2 cm³/mol. The van der Waals surface area contributed by atoms with Gasteiger partial charge in [-0.1, -0.05) is 20.8 Å². The first-order chi connectivity index (χ1) is 8.02. The fraction of sp³-hybridized carbons (Fsp3) is 0.692. The van der Waals surface area contributed by atoms with Crippen LogP contribution in [0.15, 0.2) is 12.3 Å². The summed E-state index contributed by atoms with van der Waals surface area (Å²) in [6, 6.07) is 2.49. The Balaban J connectivity index is 2.24. The van der Waals surface area contributed by atoms with Crippen LogP contribution in [0, 0.1) is 0 Å². The second kappa shape index (κ2) is 4.61. The first-order valence-electron chi connectivity index (χ1n) is 6.23. The minimum Gasteiger partial charge on any atom is -0.395 e. The Kier molecular flexibility index (Phi) is 3.33. The van der Waals surface area contributed by atoms with Gasteiger partial charge in [-0.05, 0) is 18.9 Å². The van der Waals surface area contributed by atoms with E-state index >= 15 is 0 Å². The van der Waals surface area contributed by atoms with Gasteiger partial charge in [0.1, 0.15) is 11.6 Å². The molecule has 0 aliphatic heterocycles. The van der Waals surface area contributed by atoms with E-state index in [9.17, 15) is 0 Å². The lowest BCUT2D eigenvalue weighted by atomic mass is 9.96. The van der Waals surface area contributed by atoms with Crippen molar-refractivity contribution in [1.29, 1.82) is 0 Å². The molecule has 0 unspecified atom stereocenters. The summed E-state index contributed by atoms with van der Waals surface area (Å²) in [5.74, 6) is 1.81. The lowest BCUT2D eigenvalue weighted by Crippen LogP contribution is -2.30. The molecular formula is C13H21N3O. The van der Waals surface area contributed by atoms with E-state index in [2.05, 4.69) is 35.6 Å². The molecule has 0 spiro atoms. The van der Waals surface area contributed by atoms with Crippen LogP contribution in [-0.4, -0.2) is 34.3 Å². The van der Waals surface area contributed by atoms with Gasteiger partial charge >= 0.3 is 0 Å². The molecular weight excluding hydrogens is 214 g/mol. The van der Waals surface area contributed by atoms with Gasteiger partial charge in [-0.2, -0.15) is 0 Å². The summed E-state index contributed by atoms with van der Waals surface area (Å²) in [4.78, 5) is 11.2. The van der Waals surface area contributed by atoms with Crippen molar-refractivity contribution >= 4 is 5.82 Å². The van der Waals surface area contributed by atoms with Crippen LogP contribution in [0.3, 0.4) is 0 Å².